The summed E-state index contributed by atoms with van der Waals surface area (Å²) in [7, 11) is 1.34. The molecule has 44 heavy (non-hydrogen) atoms. The standard InChI is InChI=1S/C9H11NO2.C6H13NO2.2C5H9NO2.C3H7NO2.ClH/c10-8(9(11)12)6-7-4-2-1-3-5-7;1-4(2)5(7)6(8)9-3;2*7-5(8)4-2-1-3-6-4;1-2(4)3(5)6;/h1-5,8H,6,10H2,(H,11,12);4-5H,7H2,1-3H3;2*4,6H,1-3H2,(H,7,8);2H,4H2,1H3,(H,5,6);1H/t8-;5-;2*4-;2-;/m00000./s1. The monoisotopic (exact) mass is 651 g/mol. The van der Waals surface area contributed by atoms with E-state index in [0.717, 1.165) is 44.3 Å². The third-order valence-electron chi connectivity index (χ3n) is 5.91. The number of aliphatic carboxylic acids is 4. The molecule has 12 N–H and O–H groups in total. The fraction of sp³-hybridized carbons (Fsp3) is 0.607. The van der Waals surface area contributed by atoms with Gasteiger partial charge in [0, 0.05) is 0 Å². The maximum absolute atomic E-state index is 10.6. The van der Waals surface area contributed by atoms with E-state index in [1.165, 1.54) is 14.0 Å². The van der Waals surface area contributed by atoms with Crippen LogP contribution in [0.5, 0.6) is 0 Å². The van der Waals surface area contributed by atoms with Crippen molar-refractivity contribution in [2.45, 2.75) is 83.1 Å². The van der Waals surface area contributed by atoms with Crippen LogP contribution in [0.3, 0.4) is 0 Å². The molecule has 5 atom stereocenters. The van der Waals surface area contributed by atoms with Gasteiger partial charge in [0.15, 0.2) is 0 Å². The summed E-state index contributed by atoms with van der Waals surface area (Å²) in [6.07, 6.45) is 3.95. The van der Waals surface area contributed by atoms with E-state index >= 15 is 0 Å². The number of carboxylic acids is 4. The highest BCUT2D eigenvalue weighted by Crippen LogP contribution is 2.04. The van der Waals surface area contributed by atoms with E-state index in [-0.39, 0.29) is 36.4 Å². The number of carboxylic acid groups (broad SMARTS) is 4. The van der Waals surface area contributed by atoms with Crippen molar-refractivity contribution < 1.29 is 49.1 Å². The molecule has 2 heterocycles. The van der Waals surface area contributed by atoms with Crippen molar-refractivity contribution in [3.8, 4) is 0 Å². The van der Waals surface area contributed by atoms with Crippen LogP contribution in [0, 0.1) is 5.92 Å². The van der Waals surface area contributed by atoms with Gasteiger partial charge in [0.2, 0.25) is 0 Å². The van der Waals surface area contributed by atoms with Crippen LogP contribution < -0.4 is 27.8 Å². The fourth-order valence-corrected chi connectivity index (χ4v) is 3.15. The van der Waals surface area contributed by atoms with Crippen LogP contribution in [0.2, 0.25) is 0 Å². The topological polar surface area (TPSA) is 278 Å². The van der Waals surface area contributed by atoms with Crippen LogP contribution in [0.1, 0.15) is 52.0 Å². The minimum atomic E-state index is -0.963. The maximum atomic E-state index is 10.6. The number of rotatable bonds is 8. The summed E-state index contributed by atoms with van der Waals surface area (Å²) in [5.41, 5.74) is 16.5. The smallest absolute Gasteiger partial charge is 0.322 e. The predicted molar refractivity (Wildman–Crippen MR) is 166 cm³/mol. The lowest BCUT2D eigenvalue weighted by molar-refractivity contribution is -0.143. The zero-order valence-corrected chi connectivity index (χ0v) is 26.5. The van der Waals surface area contributed by atoms with E-state index in [2.05, 4.69) is 15.4 Å². The largest absolute Gasteiger partial charge is 0.480 e. The van der Waals surface area contributed by atoms with Crippen LogP contribution in [0.15, 0.2) is 30.3 Å². The van der Waals surface area contributed by atoms with Crippen molar-refractivity contribution in [2.75, 3.05) is 20.2 Å². The lowest BCUT2D eigenvalue weighted by Crippen LogP contribution is -2.36. The fourth-order valence-electron chi connectivity index (χ4n) is 3.15. The molecule has 0 aliphatic carbocycles. The molecule has 0 saturated carbocycles. The van der Waals surface area contributed by atoms with Gasteiger partial charge in [-0.25, -0.2) is 0 Å². The molecular formula is C28H50ClN5O10. The number of ether oxygens (including phenoxy) is 1. The van der Waals surface area contributed by atoms with Gasteiger partial charge in [-0.05, 0) is 63.6 Å². The average Bonchev–Trinajstić information content (AvgIpc) is 3.69. The first-order valence-electron chi connectivity index (χ1n) is 13.8. The van der Waals surface area contributed by atoms with E-state index in [1.807, 2.05) is 44.2 Å². The Bertz CT molecular complexity index is 931. The third kappa shape index (κ3) is 23.2. The molecule has 3 rings (SSSR count). The summed E-state index contributed by atoms with van der Waals surface area (Å²) in [6.45, 7) is 6.89. The van der Waals surface area contributed by atoms with Crippen molar-refractivity contribution in [3.63, 3.8) is 0 Å². The highest BCUT2D eigenvalue weighted by Gasteiger charge is 2.21. The Balaban J connectivity index is -0.000000484. The molecule has 0 amide bonds. The maximum Gasteiger partial charge on any atom is 0.322 e. The van der Waals surface area contributed by atoms with Crippen LogP contribution in [0.4, 0.5) is 0 Å². The molecule has 1 aromatic carbocycles. The molecule has 0 bridgehead atoms. The molecule has 2 aliphatic heterocycles. The van der Waals surface area contributed by atoms with E-state index in [0.29, 0.717) is 6.42 Å². The molecule has 0 spiro atoms. The Morgan fingerprint density at radius 2 is 1.23 bits per heavy atom. The van der Waals surface area contributed by atoms with Crippen molar-refractivity contribution in [1.29, 1.82) is 0 Å². The van der Waals surface area contributed by atoms with Crippen molar-refractivity contribution >= 4 is 42.3 Å². The second kappa shape index (κ2) is 26.1. The summed E-state index contributed by atoms with van der Waals surface area (Å²) in [5, 5.41) is 38.8. The van der Waals surface area contributed by atoms with Gasteiger partial charge in [0.1, 0.15) is 30.2 Å². The Kier molecular flexibility index (Phi) is 26.7. The van der Waals surface area contributed by atoms with Gasteiger partial charge in [0.05, 0.1) is 7.11 Å². The normalized spacial score (nSPS) is 18.3. The van der Waals surface area contributed by atoms with Crippen molar-refractivity contribution in [2.24, 2.45) is 23.1 Å². The highest BCUT2D eigenvalue weighted by atomic mass is 35.5. The van der Waals surface area contributed by atoms with E-state index < -0.39 is 42.0 Å². The second-order valence-electron chi connectivity index (χ2n) is 10.0. The van der Waals surface area contributed by atoms with Crippen LogP contribution >= 0.6 is 12.4 Å². The summed E-state index contributed by atoms with van der Waals surface area (Å²) in [4.78, 5) is 50.8. The zero-order chi connectivity index (χ0) is 33.5. The SMILES string of the molecule is COC(=O)[C@@H](N)C(C)C.C[C@H](N)C(=O)O.Cl.N[C@@H](Cc1ccccc1)C(=O)O.O=C(O)[C@@H]1CCCN1.O=C(O)[C@@H]1CCCN1. The second-order valence-corrected chi connectivity index (χ2v) is 10.0. The van der Waals surface area contributed by atoms with E-state index in [1.54, 1.807) is 0 Å². The number of nitrogens with one attached hydrogen (secondary N) is 2. The predicted octanol–water partition coefficient (Wildman–Crippen LogP) is 0.270. The van der Waals surface area contributed by atoms with Gasteiger partial charge in [0.25, 0.3) is 0 Å². The van der Waals surface area contributed by atoms with Gasteiger partial charge < -0.3 is 53.0 Å². The van der Waals surface area contributed by atoms with E-state index in [9.17, 15) is 24.0 Å². The van der Waals surface area contributed by atoms with Crippen molar-refractivity contribution in [1.82, 2.24) is 10.6 Å². The van der Waals surface area contributed by atoms with Gasteiger partial charge in [-0.1, -0.05) is 44.2 Å². The molecule has 2 saturated heterocycles. The number of nitrogens with two attached hydrogens (primary N) is 3. The van der Waals surface area contributed by atoms with Gasteiger partial charge in [-0.3, -0.25) is 24.0 Å². The molecule has 0 radical (unpaired) electrons. The molecular weight excluding hydrogens is 602 g/mol. The number of hydrogen-bond donors (Lipinski definition) is 9. The summed E-state index contributed by atoms with van der Waals surface area (Å²) in [6, 6.07) is 6.80. The number of hydrogen-bond acceptors (Lipinski definition) is 11. The Morgan fingerprint density at radius 1 is 0.818 bits per heavy atom. The van der Waals surface area contributed by atoms with Crippen LogP contribution in [0.25, 0.3) is 0 Å². The number of benzene rings is 1. The number of halogens is 1. The molecule has 0 aromatic heterocycles. The number of esters is 1. The number of carbonyl (C=O) groups excluding carboxylic acids is 1. The molecule has 1 aromatic rings. The molecule has 16 heteroatoms. The summed E-state index contributed by atoms with van der Waals surface area (Å²) >= 11 is 0. The van der Waals surface area contributed by atoms with Gasteiger partial charge in [-0.15, -0.1) is 12.4 Å². The third-order valence-corrected chi connectivity index (χ3v) is 5.91. The first kappa shape index (κ1) is 45.1. The summed E-state index contributed by atoms with van der Waals surface area (Å²) < 4.78 is 4.41. The lowest BCUT2D eigenvalue weighted by atomic mass is 10.1. The quantitative estimate of drug-likeness (QED) is 0.171. The molecule has 2 fully saturated rings. The summed E-state index contributed by atoms with van der Waals surface area (Å²) in [5.74, 6) is -3.55. The van der Waals surface area contributed by atoms with E-state index in [4.69, 9.17) is 37.6 Å². The first-order chi connectivity index (χ1) is 20.0. The molecule has 15 nitrogen and oxygen atoms in total. The minimum Gasteiger partial charge on any atom is -0.480 e. The molecule has 0 unspecified atom stereocenters. The van der Waals surface area contributed by atoms with Gasteiger partial charge in [-0.2, -0.15) is 0 Å². The van der Waals surface area contributed by atoms with Crippen LogP contribution in [-0.4, -0.2) is 101 Å². The Hall–Kier alpha value is -3.34. The Morgan fingerprint density at radius 3 is 1.43 bits per heavy atom. The first-order valence-corrected chi connectivity index (χ1v) is 13.8. The minimum absolute atomic E-state index is 0. The zero-order valence-electron chi connectivity index (χ0n) is 25.7. The molecule has 2 aliphatic rings. The van der Waals surface area contributed by atoms with Gasteiger partial charge >= 0.3 is 29.8 Å². The number of methoxy groups -OCH3 is 1. The Labute approximate surface area is 264 Å². The lowest BCUT2D eigenvalue weighted by Gasteiger charge is -2.11. The number of carbonyl (C=O) groups is 5. The van der Waals surface area contributed by atoms with Crippen molar-refractivity contribution in [3.05, 3.63) is 35.9 Å². The molecule has 254 valence electrons. The highest BCUT2D eigenvalue weighted by molar-refractivity contribution is 5.85. The van der Waals surface area contributed by atoms with Crippen LogP contribution in [-0.2, 0) is 35.1 Å². The average molecular weight is 652 g/mol.